The Kier molecular flexibility index (Phi) is 5.62. The molecule has 0 saturated carbocycles. The van der Waals surface area contributed by atoms with Gasteiger partial charge >= 0.3 is 0 Å². The molecule has 1 unspecified atom stereocenters. The van der Waals surface area contributed by atoms with Crippen LogP contribution in [0, 0.1) is 4.91 Å². The molecule has 27 heavy (non-hydrogen) atoms. The molecule has 136 valence electrons. The lowest BCUT2D eigenvalue weighted by atomic mass is 10.3. The van der Waals surface area contributed by atoms with Crippen molar-refractivity contribution in [2.45, 2.75) is 16.3 Å². The first-order chi connectivity index (χ1) is 13.1. The highest BCUT2D eigenvalue weighted by Crippen LogP contribution is 2.21. The van der Waals surface area contributed by atoms with Gasteiger partial charge in [-0.1, -0.05) is 18.2 Å². The van der Waals surface area contributed by atoms with Gasteiger partial charge in [0.05, 0.1) is 16.8 Å². The van der Waals surface area contributed by atoms with Gasteiger partial charge in [0.2, 0.25) is 9.84 Å². The van der Waals surface area contributed by atoms with Crippen LogP contribution in [0.25, 0.3) is 0 Å². The number of rotatable bonds is 7. The third-order valence-corrected chi connectivity index (χ3v) is 4.97. The number of nitroso groups, excluding NO2 is 1. The first-order valence-electron chi connectivity index (χ1n) is 7.80. The predicted octanol–water partition coefficient (Wildman–Crippen LogP) is 3.18. The van der Waals surface area contributed by atoms with Crippen molar-refractivity contribution in [1.29, 1.82) is 0 Å². The standard InChI is InChI=1S/C18H14N4O4S/c23-22-17(26-15-5-2-1-3-6-15)13-21-14-7-9-16(10-8-14)27(24,25)18-19-11-4-12-20-18/h1-13,17H. The van der Waals surface area contributed by atoms with Crippen molar-refractivity contribution >= 4 is 21.7 Å². The second kappa shape index (κ2) is 8.28. The lowest BCUT2D eigenvalue weighted by Crippen LogP contribution is -2.14. The number of benzene rings is 2. The molecule has 0 bridgehead atoms. The molecule has 0 N–H and O–H groups in total. The van der Waals surface area contributed by atoms with E-state index >= 15 is 0 Å². The Morgan fingerprint density at radius 3 is 2.22 bits per heavy atom. The van der Waals surface area contributed by atoms with E-state index in [-0.39, 0.29) is 10.1 Å². The average Bonchev–Trinajstić information content (AvgIpc) is 2.73. The Bertz CT molecular complexity index is 1020. The van der Waals surface area contributed by atoms with Crippen molar-refractivity contribution in [3.8, 4) is 5.75 Å². The SMILES string of the molecule is O=NC(C=Nc1ccc(S(=O)(=O)c2ncccn2)cc1)Oc1ccccc1. The molecule has 0 fully saturated rings. The van der Waals surface area contributed by atoms with Crippen LogP contribution in [0.2, 0.25) is 0 Å². The first kappa shape index (κ1) is 18.3. The van der Waals surface area contributed by atoms with Crippen molar-refractivity contribution in [2.75, 3.05) is 0 Å². The topological polar surface area (TPSA) is 111 Å². The molecule has 0 amide bonds. The number of para-hydroxylation sites is 1. The van der Waals surface area contributed by atoms with Crippen molar-refractivity contribution in [3.63, 3.8) is 0 Å². The van der Waals surface area contributed by atoms with E-state index in [1.54, 1.807) is 24.3 Å². The molecule has 0 spiro atoms. The van der Waals surface area contributed by atoms with Gasteiger partial charge in [-0.05, 0) is 47.6 Å². The van der Waals surface area contributed by atoms with Gasteiger partial charge in [-0.2, -0.15) is 0 Å². The summed E-state index contributed by atoms with van der Waals surface area (Å²) < 4.78 is 30.2. The molecule has 8 nitrogen and oxygen atoms in total. The predicted molar refractivity (Wildman–Crippen MR) is 98.7 cm³/mol. The molecule has 3 rings (SSSR count). The highest BCUT2D eigenvalue weighted by molar-refractivity contribution is 7.91. The van der Waals surface area contributed by atoms with Gasteiger partial charge in [-0.15, -0.1) is 4.91 Å². The monoisotopic (exact) mass is 382 g/mol. The Morgan fingerprint density at radius 1 is 0.926 bits per heavy atom. The van der Waals surface area contributed by atoms with Crippen LogP contribution in [-0.2, 0) is 9.84 Å². The van der Waals surface area contributed by atoms with Crippen LogP contribution in [0.5, 0.6) is 5.75 Å². The van der Waals surface area contributed by atoms with E-state index in [4.69, 9.17) is 4.74 Å². The van der Waals surface area contributed by atoms with Crippen LogP contribution in [0.3, 0.4) is 0 Å². The number of sulfone groups is 1. The summed E-state index contributed by atoms with van der Waals surface area (Å²) in [4.78, 5) is 22.6. The molecule has 3 aromatic rings. The molecule has 1 heterocycles. The smallest absolute Gasteiger partial charge is 0.265 e. The van der Waals surface area contributed by atoms with Gasteiger partial charge in [0.1, 0.15) is 5.75 Å². The number of nitrogens with zero attached hydrogens (tertiary/aromatic N) is 4. The third-order valence-electron chi connectivity index (χ3n) is 3.38. The van der Waals surface area contributed by atoms with Gasteiger partial charge in [0, 0.05) is 12.4 Å². The summed E-state index contributed by atoms with van der Waals surface area (Å²) in [5.41, 5.74) is 0.438. The number of aromatic nitrogens is 2. The molecular formula is C18H14N4O4S. The van der Waals surface area contributed by atoms with E-state index < -0.39 is 16.1 Å². The highest BCUT2D eigenvalue weighted by atomic mass is 32.2. The van der Waals surface area contributed by atoms with Gasteiger partial charge in [-0.25, -0.2) is 18.4 Å². The average molecular weight is 382 g/mol. The Balaban J connectivity index is 1.73. The van der Waals surface area contributed by atoms with E-state index in [0.29, 0.717) is 11.4 Å². The number of aliphatic imine (C=N–C) groups is 1. The largest absolute Gasteiger partial charge is 0.460 e. The number of hydrogen-bond donors (Lipinski definition) is 0. The van der Waals surface area contributed by atoms with Crippen molar-refractivity contribution in [1.82, 2.24) is 9.97 Å². The van der Waals surface area contributed by atoms with Gasteiger partial charge < -0.3 is 4.74 Å². The first-order valence-corrected chi connectivity index (χ1v) is 9.28. The number of hydrogen-bond acceptors (Lipinski definition) is 8. The summed E-state index contributed by atoms with van der Waals surface area (Å²) in [6, 6.07) is 16.0. The van der Waals surface area contributed by atoms with E-state index in [0.717, 1.165) is 0 Å². The van der Waals surface area contributed by atoms with Crippen molar-refractivity contribution < 1.29 is 13.2 Å². The number of ether oxygens (including phenoxy) is 1. The van der Waals surface area contributed by atoms with E-state index in [9.17, 15) is 13.3 Å². The lowest BCUT2D eigenvalue weighted by Gasteiger charge is -2.07. The van der Waals surface area contributed by atoms with E-state index in [1.165, 1.54) is 48.9 Å². The van der Waals surface area contributed by atoms with Crippen LogP contribution in [0.1, 0.15) is 0 Å². The summed E-state index contributed by atoms with van der Waals surface area (Å²) >= 11 is 0. The minimum absolute atomic E-state index is 0.0400. The molecule has 1 atom stereocenters. The molecule has 0 aliphatic heterocycles. The molecule has 0 saturated heterocycles. The summed E-state index contributed by atoms with van der Waals surface area (Å²) in [7, 11) is -3.80. The van der Waals surface area contributed by atoms with Crippen LogP contribution < -0.4 is 4.74 Å². The zero-order valence-corrected chi connectivity index (χ0v) is 14.7. The van der Waals surface area contributed by atoms with Gasteiger partial charge in [-0.3, -0.25) is 4.99 Å². The normalized spacial score (nSPS) is 12.6. The maximum Gasteiger partial charge on any atom is 0.265 e. The van der Waals surface area contributed by atoms with E-state index in [1.807, 2.05) is 6.07 Å². The Hall–Kier alpha value is -3.46. The minimum Gasteiger partial charge on any atom is -0.460 e. The van der Waals surface area contributed by atoms with Crippen LogP contribution in [0.4, 0.5) is 5.69 Å². The van der Waals surface area contributed by atoms with Crippen molar-refractivity contribution in [2.24, 2.45) is 10.2 Å². The van der Waals surface area contributed by atoms with Crippen molar-refractivity contribution in [3.05, 3.63) is 78.0 Å². The zero-order chi connectivity index (χ0) is 19.1. The van der Waals surface area contributed by atoms with Crippen LogP contribution in [0.15, 0.2) is 93.3 Å². The summed E-state index contributed by atoms with van der Waals surface area (Å²) in [6.45, 7) is 0. The molecule has 2 aromatic carbocycles. The fourth-order valence-corrected chi connectivity index (χ4v) is 3.21. The lowest BCUT2D eigenvalue weighted by molar-refractivity contribution is 0.280. The minimum atomic E-state index is -3.80. The Morgan fingerprint density at radius 2 is 1.59 bits per heavy atom. The Labute approximate surface area is 155 Å². The molecule has 0 radical (unpaired) electrons. The fraction of sp³-hybridized carbons (Fsp3) is 0.0556. The zero-order valence-electron chi connectivity index (χ0n) is 13.9. The second-order valence-corrected chi connectivity index (χ2v) is 7.08. The van der Waals surface area contributed by atoms with Gasteiger partial charge in [0.25, 0.3) is 11.4 Å². The summed E-state index contributed by atoms with van der Waals surface area (Å²) in [5, 5.41) is 2.59. The van der Waals surface area contributed by atoms with E-state index in [2.05, 4.69) is 20.1 Å². The van der Waals surface area contributed by atoms with Crippen LogP contribution >= 0.6 is 0 Å². The molecule has 9 heteroatoms. The maximum atomic E-state index is 12.4. The summed E-state index contributed by atoms with van der Waals surface area (Å²) in [5.74, 6) is 0.484. The highest BCUT2D eigenvalue weighted by Gasteiger charge is 2.20. The fourth-order valence-electron chi connectivity index (χ4n) is 2.11. The maximum absolute atomic E-state index is 12.4. The second-order valence-electron chi connectivity index (χ2n) is 5.23. The molecular weight excluding hydrogens is 368 g/mol. The van der Waals surface area contributed by atoms with Crippen LogP contribution in [-0.4, -0.2) is 30.8 Å². The third kappa shape index (κ3) is 4.59. The molecule has 1 aromatic heterocycles. The summed E-state index contributed by atoms with van der Waals surface area (Å²) in [6.07, 6.45) is 2.85. The molecule has 0 aliphatic carbocycles. The molecule has 0 aliphatic rings. The quantitative estimate of drug-likeness (QED) is 0.352. The van der Waals surface area contributed by atoms with Gasteiger partial charge in [0.15, 0.2) is 0 Å².